The van der Waals surface area contributed by atoms with Gasteiger partial charge in [0.15, 0.2) is 17.3 Å². The van der Waals surface area contributed by atoms with E-state index < -0.39 is 0 Å². The molecule has 8 heteroatoms. The van der Waals surface area contributed by atoms with Crippen LogP contribution in [0.15, 0.2) is 48.7 Å². The second-order valence-corrected chi connectivity index (χ2v) is 7.38. The second kappa shape index (κ2) is 9.05. The van der Waals surface area contributed by atoms with E-state index in [4.69, 9.17) is 14.2 Å². The van der Waals surface area contributed by atoms with Crippen molar-refractivity contribution in [3.05, 3.63) is 71.0 Å². The van der Waals surface area contributed by atoms with Crippen LogP contribution in [-0.4, -0.2) is 43.0 Å². The quantitative estimate of drug-likeness (QED) is 0.633. The molecule has 1 unspecified atom stereocenters. The monoisotopic (exact) mass is 433 g/mol. The van der Waals surface area contributed by atoms with Gasteiger partial charge in [0.2, 0.25) is 5.95 Å². The molecule has 1 atom stereocenters. The van der Waals surface area contributed by atoms with Crippen molar-refractivity contribution >= 4 is 17.6 Å². The average Bonchev–Trinajstić information content (AvgIpc) is 2.83. The summed E-state index contributed by atoms with van der Waals surface area (Å²) in [7, 11) is 4.69. The lowest BCUT2D eigenvalue weighted by molar-refractivity contribution is 0.0962. The molecule has 1 amide bonds. The molecule has 0 radical (unpaired) electrons. The van der Waals surface area contributed by atoms with Crippen molar-refractivity contribution in [3.8, 4) is 17.2 Å². The molecule has 0 saturated heterocycles. The topological polar surface area (TPSA) is 99.6 Å². The van der Waals surface area contributed by atoms with Crippen molar-refractivity contribution < 1.29 is 23.8 Å². The van der Waals surface area contributed by atoms with E-state index in [0.717, 1.165) is 5.56 Å². The molecule has 0 aliphatic heterocycles. The highest BCUT2D eigenvalue weighted by Gasteiger charge is 2.29. The Kier molecular flexibility index (Phi) is 6.02. The number of carbonyl (C=O) groups is 2. The molecule has 0 fully saturated rings. The van der Waals surface area contributed by atoms with Gasteiger partial charge in [0, 0.05) is 18.2 Å². The number of benzene rings is 2. The minimum absolute atomic E-state index is 0.0308. The number of nitrogens with one attached hydrogen (secondary N) is 1. The summed E-state index contributed by atoms with van der Waals surface area (Å²) in [6, 6.07) is 12.4. The zero-order chi connectivity index (χ0) is 22.7. The van der Waals surface area contributed by atoms with Gasteiger partial charge in [0.1, 0.15) is 5.75 Å². The molecule has 0 spiro atoms. The van der Waals surface area contributed by atoms with E-state index >= 15 is 0 Å². The smallest absolute Gasteiger partial charge is 0.258 e. The number of hydrogen-bond donors (Lipinski definition) is 1. The molecule has 1 aliphatic carbocycles. The van der Waals surface area contributed by atoms with Gasteiger partial charge >= 0.3 is 0 Å². The fraction of sp³-hybridized carbons (Fsp3) is 0.250. The Morgan fingerprint density at radius 1 is 1.00 bits per heavy atom. The summed E-state index contributed by atoms with van der Waals surface area (Å²) in [5.41, 5.74) is 2.48. The summed E-state index contributed by atoms with van der Waals surface area (Å²) in [5, 5.41) is 2.70. The number of fused-ring (bicyclic) bond motifs is 1. The predicted molar refractivity (Wildman–Crippen MR) is 118 cm³/mol. The highest BCUT2D eigenvalue weighted by Crippen LogP contribution is 2.36. The highest BCUT2D eigenvalue weighted by molar-refractivity contribution is 6.04. The lowest BCUT2D eigenvalue weighted by Crippen LogP contribution is -2.22. The highest BCUT2D eigenvalue weighted by atomic mass is 16.5. The summed E-state index contributed by atoms with van der Waals surface area (Å²) in [6.07, 6.45) is 2.37. The Bertz CT molecular complexity index is 1180. The van der Waals surface area contributed by atoms with Crippen LogP contribution in [-0.2, 0) is 6.42 Å². The summed E-state index contributed by atoms with van der Waals surface area (Å²) in [4.78, 5) is 34.0. The van der Waals surface area contributed by atoms with Gasteiger partial charge in [-0.25, -0.2) is 9.97 Å². The second-order valence-electron chi connectivity index (χ2n) is 7.38. The van der Waals surface area contributed by atoms with Gasteiger partial charge in [-0.05, 0) is 48.2 Å². The van der Waals surface area contributed by atoms with Crippen molar-refractivity contribution in [2.24, 2.45) is 0 Å². The molecule has 8 nitrogen and oxygen atoms in total. The molecule has 4 rings (SSSR count). The fourth-order valence-corrected chi connectivity index (χ4v) is 3.79. The van der Waals surface area contributed by atoms with Crippen molar-refractivity contribution in [1.29, 1.82) is 0 Å². The lowest BCUT2D eigenvalue weighted by Gasteiger charge is -2.24. The Balaban J connectivity index is 1.57. The SMILES string of the molecule is COc1cccc(C(=O)Nc2ncc3c(n2)CC(c2ccc(OC)c(OC)c2)CC3=O)c1. The third-order valence-corrected chi connectivity index (χ3v) is 5.48. The number of nitrogens with zero attached hydrogens (tertiary/aromatic N) is 2. The molecule has 0 saturated carbocycles. The van der Waals surface area contributed by atoms with Crippen LogP contribution in [0.5, 0.6) is 17.2 Å². The van der Waals surface area contributed by atoms with E-state index in [9.17, 15) is 9.59 Å². The van der Waals surface area contributed by atoms with E-state index in [2.05, 4.69) is 15.3 Å². The van der Waals surface area contributed by atoms with Gasteiger partial charge < -0.3 is 14.2 Å². The number of ketones is 1. The summed E-state index contributed by atoms with van der Waals surface area (Å²) in [5.74, 6) is 1.51. The minimum Gasteiger partial charge on any atom is -0.497 e. The van der Waals surface area contributed by atoms with Crippen LogP contribution in [0.1, 0.15) is 44.3 Å². The number of anilines is 1. The van der Waals surface area contributed by atoms with Gasteiger partial charge in [-0.15, -0.1) is 0 Å². The average molecular weight is 433 g/mol. The first-order valence-electron chi connectivity index (χ1n) is 10.1. The molecule has 1 aromatic heterocycles. The van der Waals surface area contributed by atoms with Gasteiger partial charge in [-0.2, -0.15) is 0 Å². The van der Waals surface area contributed by atoms with Gasteiger partial charge in [0.25, 0.3) is 5.91 Å². The molecular formula is C24H23N3O5. The number of rotatable bonds is 6. The van der Waals surface area contributed by atoms with Crippen molar-refractivity contribution in [2.45, 2.75) is 18.8 Å². The number of methoxy groups -OCH3 is 3. The normalized spacial score (nSPS) is 15.0. The molecule has 164 valence electrons. The summed E-state index contributed by atoms with van der Waals surface area (Å²) < 4.78 is 15.9. The Morgan fingerprint density at radius 3 is 2.56 bits per heavy atom. The van der Waals surface area contributed by atoms with Crippen LogP contribution < -0.4 is 19.5 Å². The van der Waals surface area contributed by atoms with Crippen molar-refractivity contribution in [2.75, 3.05) is 26.6 Å². The Labute approximate surface area is 185 Å². The number of ether oxygens (including phenoxy) is 3. The van der Waals surface area contributed by atoms with Gasteiger partial charge in [0.05, 0.1) is 32.6 Å². The molecule has 32 heavy (non-hydrogen) atoms. The molecule has 0 bridgehead atoms. The summed E-state index contributed by atoms with van der Waals surface area (Å²) >= 11 is 0. The zero-order valence-corrected chi connectivity index (χ0v) is 18.0. The van der Waals surface area contributed by atoms with E-state index in [1.165, 1.54) is 13.3 Å². The maximum absolute atomic E-state index is 12.7. The summed E-state index contributed by atoms with van der Waals surface area (Å²) in [6.45, 7) is 0. The van der Waals surface area contributed by atoms with Crippen molar-refractivity contribution in [3.63, 3.8) is 0 Å². The van der Waals surface area contributed by atoms with Crippen molar-refractivity contribution in [1.82, 2.24) is 9.97 Å². The number of amides is 1. The molecule has 3 aromatic rings. The number of aromatic nitrogens is 2. The maximum atomic E-state index is 12.7. The standard InChI is InChI=1S/C24H23N3O5/c1-30-17-6-4-5-15(9-17)23(29)27-24-25-13-18-19(26-24)10-16(11-20(18)28)14-7-8-21(31-2)22(12-14)32-3/h4-9,12-13,16H,10-11H2,1-3H3,(H,25,26,27,29). The van der Waals surface area contributed by atoms with Crippen LogP contribution in [0.3, 0.4) is 0 Å². The largest absolute Gasteiger partial charge is 0.497 e. The first-order valence-corrected chi connectivity index (χ1v) is 10.1. The van der Waals surface area contributed by atoms with Gasteiger partial charge in [-0.1, -0.05) is 12.1 Å². The molecule has 2 aromatic carbocycles. The third kappa shape index (κ3) is 4.25. The van der Waals surface area contributed by atoms with E-state index in [-0.39, 0.29) is 23.6 Å². The zero-order valence-electron chi connectivity index (χ0n) is 18.0. The number of carbonyl (C=O) groups excluding carboxylic acids is 2. The van der Waals surface area contributed by atoms with Crippen LogP contribution in [0.2, 0.25) is 0 Å². The lowest BCUT2D eigenvalue weighted by atomic mass is 9.82. The fourth-order valence-electron chi connectivity index (χ4n) is 3.79. The Morgan fingerprint density at radius 2 is 1.81 bits per heavy atom. The van der Waals surface area contributed by atoms with E-state index in [0.29, 0.717) is 46.9 Å². The molecular weight excluding hydrogens is 410 g/mol. The predicted octanol–water partition coefficient (Wildman–Crippen LogP) is 3.67. The molecule has 1 N–H and O–H groups in total. The number of hydrogen-bond acceptors (Lipinski definition) is 7. The van der Waals surface area contributed by atoms with E-state index in [1.807, 2.05) is 18.2 Å². The minimum atomic E-state index is -0.359. The third-order valence-electron chi connectivity index (χ3n) is 5.48. The first-order chi connectivity index (χ1) is 15.5. The van der Waals surface area contributed by atoms with Crippen LogP contribution in [0.4, 0.5) is 5.95 Å². The number of Topliss-reactive ketones (excluding diaryl/α,β-unsaturated/α-hetero) is 1. The van der Waals surface area contributed by atoms with Crippen LogP contribution in [0, 0.1) is 0 Å². The maximum Gasteiger partial charge on any atom is 0.258 e. The van der Waals surface area contributed by atoms with E-state index in [1.54, 1.807) is 38.5 Å². The Hall–Kier alpha value is -3.94. The molecule has 1 aliphatic rings. The first kappa shape index (κ1) is 21.3. The van der Waals surface area contributed by atoms with Crippen LogP contribution >= 0.6 is 0 Å². The molecule has 1 heterocycles. The van der Waals surface area contributed by atoms with Crippen LogP contribution in [0.25, 0.3) is 0 Å². The van der Waals surface area contributed by atoms with Gasteiger partial charge in [-0.3, -0.25) is 14.9 Å².